The van der Waals surface area contributed by atoms with Crippen LogP contribution >= 0.6 is 0 Å². The van der Waals surface area contributed by atoms with Crippen molar-refractivity contribution in [1.29, 1.82) is 0 Å². The molecule has 3 heteroatoms. The number of rotatable bonds is 5. The maximum Gasteiger partial charge on any atom is 0.164 e. The standard InChI is InChI=1S/C42H31N3/c1-42(2)36-22-12-11-20-35(36)38-33(21-13-23-37(38)42)32-18-9-10-19-34(32)41-44-39(30-16-7-4-8-17-30)43-40(45-41)31-26-24-29(25-27-31)28-14-5-3-6-15-28/h3-27H,1-2H3. The van der Waals surface area contributed by atoms with E-state index in [1.807, 2.05) is 24.3 Å². The Labute approximate surface area is 264 Å². The molecule has 1 heterocycles. The lowest BCUT2D eigenvalue weighted by molar-refractivity contribution is 0.660. The highest BCUT2D eigenvalue weighted by molar-refractivity contribution is 5.96. The molecule has 0 atom stereocenters. The molecule has 0 amide bonds. The van der Waals surface area contributed by atoms with Gasteiger partial charge < -0.3 is 0 Å². The van der Waals surface area contributed by atoms with Gasteiger partial charge >= 0.3 is 0 Å². The van der Waals surface area contributed by atoms with E-state index in [4.69, 9.17) is 15.0 Å². The van der Waals surface area contributed by atoms with Gasteiger partial charge in [0.25, 0.3) is 0 Å². The molecule has 1 aliphatic carbocycles. The molecule has 214 valence electrons. The first kappa shape index (κ1) is 26.9. The minimum atomic E-state index is -0.0798. The van der Waals surface area contributed by atoms with E-state index < -0.39 is 0 Å². The molecule has 0 radical (unpaired) electrons. The summed E-state index contributed by atoms with van der Waals surface area (Å²) >= 11 is 0. The largest absolute Gasteiger partial charge is 0.208 e. The zero-order chi connectivity index (χ0) is 30.4. The Bertz CT molecular complexity index is 2170. The van der Waals surface area contributed by atoms with Gasteiger partial charge in [0.2, 0.25) is 0 Å². The molecule has 8 rings (SSSR count). The van der Waals surface area contributed by atoms with Crippen LogP contribution in [0.2, 0.25) is 0 Å². The first-order valence-electron chi connectivity index (χ1n) is 15.4. The number of fused-ring (bicyclic) bond motifs is 3. The lowest BCUT2D eigenvalue weighted by Crippen LogP contribution is -2.14. The van der Waals surface area contributed by atoms with Crippen molar-refractivity contribution in [3.63, 3.8) is 0 Å². The Morgan fingerprint density at radius 2 is 0.778 bits per heavy atom. The molecule has 0 saturated carbocycles. The third kappa shape index (κ3) is 4.65. The van der Waals surface area contributed by atoms with Crippen LogP contribution in [0.4, 0.5) is 0 Å². The minimum Gasteiger partial charge on any atom is -0.208 e. The average molecular weight is 578 g/mol. The lowest BCUT2D eigenvalue weighted by Gasteiger charge is -2.21. The molecule has 0 bridgehead atoms. The maximum atomic E-state index is 5.13. The summed E-state index contributed by atoms with van der Waals surface area (Å²) in [5, 5.41) is 0. The first-order chi connectivity index (χ1) is 22.1. The summed E-state index contributed by atoms with van der Waals surface area (Å²) in [5.74, 6) is 1.96. The topological polar surface area (TPSA) is 38.7 Å². The Morgan fingerprint density at radius 3 is 1.47 bits per heavy atom. The first-order valence-corrected chi connectivity index (χ1v) is 15.4. The van der Waals surface area contributed by atoms with Crippen molar-refractivity contribution in [3.05, 3.63) is 163 Å². The highest BCUT2D eigenvalue weighted by Gasteiger charge is 2.36. The van der Waals surface area contributed by atoms with Gasteiger partial charge in [-0.25, -0.2) is 15.0 Å². The van der Waals surface area contributed by atoms with Gasteiger partial charge in [0, 0.05) is 22.1 Å². The van der Waals surface area contributed by atoms with Crippen molar-refractivity contribution in [2.75, 3.05) is 0 Å². The summed E-state index contributed by atoms with van der Waals surface area (Å²) in [6.07, 6.45) is 0. The average Bonchev–Trinajstić information content (AvgIpc) is 3.35. The summed E-state index contributed by atoms with van der Waals surface area (Å²) in [5.41, 5.74) is 12.7. The van der Waals surface area contributed by atoms with Gasteiger partial charge in [0.15, 0.2) is 17.5 Å². The number of hydrogen-bond acceptors (Lipinski definition) is 3. The third-order valence-corrected chi connectivity index (χ3v) is 8.98. The second-order valence-corrected chi connectivity index (χ2v) is 12.1. The molecular weight excluding hydrogens is 546 g/mol. The van der Waals surface area contributed by atoms with Crippen LogP contribution in [0.15, 0.2) is 152 Å². The van der Waals surface area contributed by atoms with Crippen LogP contribution in [0, 0.1) is 0 Å². The van der Waals surface area contributed by atoms with Crippen LogP contribution in [0.25, 0.3) is 67.5 Å². The van der Waals surface area contributed by atoms with Crippen molar-refractivity contribution in [2.24, 2.45) is 0 Å². The fourth-order valence-corrected chi connectivity index (χ4v) is 6.68. The van der Waals surface area contributed by atoms with Gasteiger partial charge in [-0.3, -0.25) is 0 Å². The van der Waals surface area contributed by atoms with Crippen LogP contribution in [-0.2, 0) is 5.41 Å². The van der Waals surface area contributed by atoms with Crippen molar-refractivity contribution in [2.45, 2.75) is 19.3 Å². The van der Waals surface area contributed by atoms with E-state index in [-0.39, 0.29) is 5.41 Å². The van der Waals surface area contributed by atoms with Gasteiger partial charge in [-0.1, -0.05) is 166 Å². The second-order valence-electron chi connectivity index (χ2n) is 12.1. The van der Waals surface area contributed by atoms with Crippen molar-refractivity contribution in [1.82, 2.24) is 15.0 Å². The normalized spacial score (nSPS) is 12.8. The summed E-state index contributed by atoms with van der Waals surface area (Å²) in [6.45, 7) is 4.64. The summed E-state index contributed by atoms with van der Waals surface area (Å²) in [7, 11) is 0. The molecule has 6 aromatic carbocycles. The summed E-state index contributed by atoms with van der Waals surface area (Å²) in [4.78, 5) is 15.2. The Kier molecular flexibility index (Phi) is 6.46. The predicted octanol–water partition coefficient (Wildman–Crippen LogP) is 10.5. The monoisotopic (exact) mass is 577 g/mol. The van der Waals surface area contributed by atoms with Gasteiger partial charge in [0.05, 0.1) is 0 Å². The van der Waals surface area contributed by atoms with Crippen LogP contribution in [0.3, 0.4) is 0 Å². The van der Waals surface area contributed by atoms with Crippen LogP contribution in [0.1, 0.15) is 25.0 Å². The summed E-state index contributed by atoms with van der Waals surface area (Å²) in [6, 6.07) is 53.0. The molecule has 7 aromatic rings. The molecule has 45 heavy (non-hydrogen) atoms. The molecule has 1 aliphatic rings. The number of hydrogen-bond donors (Lipinski definition) is 0. The zero-order valence-electron chi connectivity index (χ0n) is 25.3. The summed E-state index contributed by atoms with van der Waals surface area (Å²) < 4.78 is 0. The predicted molar refractivity (Wildman–Crippen MR) is 185 cm³/mol. The molecule has 0 unspecified atom stereocenters. The van der Waals surface area contributed by atoms with Gasteiger partial charge in [-0.05, 0) is 44.5 Å². The Balaban J connectivity index is 1.31. The maximum absolute atomic E-state index is 5.13. The van der Waals surface area contributed by atoms with Crippen LogP contribution in [-0.4, -0.2) is 15.0 Å². The van der Waals surface area contributed by atoms with Crippen molar-refractivity contribution < 1.29 is 0 Å². The van der Waals surface area contributed by atoms with Crippen LogP contribution < -0.4 is 0 Å². The minimum absolute atomic E-state index is 0.0798. The Hall–Kier alpha value is -5.67. The third-order valence-electron chi connectivity index (χ3n) is 8.98. The molecule has 0 N–H and O–H groups in total. The highest BCUT2D eigenvalue weighted by Crippen LogP contribution is 2.52. The van der Waals surface area contributed by atoms with Gasteiger partial charge in [0.1, 0.15) is 0 Å². The molecule has 1 aromatic heterocycles. The molecule has 3 nitrogen and oxygen atoms in total. The van der Waals surface area contributed by atoms with E-state index in [1.165, 1.54) is 33.4 Å². The quantitative estimate of drug-likeness (QED) is 0.204. The Morgan fingerprint density at radius 1 is 0.333 bits per heavy atom. The van der Waals surface area contributed by atoms with E-state index in [9.17, 15) is 0 Å². The fourth-order valence-electron chi connectivity index (χ4n) is 6.68. The smallest absolute Gasteiger partial charge is 0.164 e. The van der Waals surface area contributed by atoms with Gasteiger partial charge in [-0.15, -0.1) is 0 Å². The lowest BCUT2D eigenvalue weighted by atomic mass is 9.82. The van der Waals surface area contributed by atoms with E-state index >= 15 is 0 Å². The van der Waals surface area contributed by atoms with Crippen LogP contribution in [0.5, 0.6) is 0 Å². The molecule has 0 aliphatic heterocycles. The second kappa shape index (κ2) is 10.8. The van der Waals surface area contributed by atoms with Crippen molar-refractivity contribution in [3.8, 4) is 67.5 Å². The number of benzene rings is 6. The van der Waals surface area contributed by atoms with E-state index in [2.05, 4.69) is 141 Å². The van der Waals surface area contributed by atoms with Crippen molar-refractivity contribution >= 4 is 0 Å². The molecule has 0 spiro atoms. The van der Waals surface area contributed by atoms with E-state index in [0.29, 0.717) is 17.5 Å². The molecular formula is C42H31N3. The SMILES string of the molecule is CC1(C)c2ccccc2-c2c(-c3ccccc3-c3nc(-c4ccccc4)nc(-c4ccc(-c5ccccc5)cc4)n3)cccc21. The number of nitrogens with zero attached hydrogens (tertiary/aromatic N) is 3. The molecule has 0 fully saturated rings. The van der Waals surface area contributed by atoms with Gasteiger partial charge in [-0.2, -0.15) is 0 Å². The fraction of sp³-hybridized carbons (Fsp3) is 0.0714. The number of aromatic nitrogens is 3. The van der Waals surface area contributed by atoms with E-state index in [1.54, 1.807) is 0 Å². The molecule has 0 saturated heterocycles. The van der Waals surface area contributed by atoms with E-state index in [0.717, 1.165) is 27.8 Å². The highest BCUT2D eigenvalue weighted by atomic mass is 15.0. The zero-order valence-corrected chi connectivity index (χ0v) is 25.3.